The smallest absolute Gasteiger partial charge is 0.252 e. The molecule has 7 aromatic rings. The fraction of sp³-hybridized carbons (Fsp3) is 0.125. The summed E-state index contributed by atoms with van der Waals surface area (Å²) in [7, 11) is 0. The molecule has 0 amide bonds. The van der Waals surface area contributed by atoms with Crippen LogP contribution in [0.3, 0.4) is 0 Å². The first-order chi connectivity index (χ1) is 26.3. The largest absolute Gasteiger partial charge is 0.311 e. The van der Waals surface area contributed by atoms with Crippen LogP contribution in [0, 0.1) is 0 Å². The summed E-state index contributed by atoms with van der Waals surface area (Å²) in [4.78, 5) is 10.1. The monoisotopic (exact) mass is 699 g/mol. The second kappa shape index (κ2) is 12.5. The van der Waals surface area contributed by atoms with E-state index in [0.717, 1.165) is 0 Å². The lowest BCUT2D eigenvalue weighted by Crippen LogP contribution is -2.61. The van der Waals surface area contributed by atoms with Crippen molar-refractivity contribution < 1.29 is 0 Å². The first-order valence-corrected chi connectivity index (χ1v) is 19.9. The van der Waals surface area contributed by atoms with Crippen molar-refractivity contribution in [3.8, 4) is 0 Å². The second-order valence-corrected chi connectivity index (χ2v) is 15.8. The molecular formula is C48H38BN3S. The van der Waals surface area contributed by atoms with Gasteiger partial charge in [0.15, 0.2) is 0 Å². The molecule has 254 valence electrons. The van der Waals surface area contributed by atoms with Crippen molar-refractivity contribution in [2.24, 2.45) is 0 Å². The number of hydrogen-bond donors (Lipinski definition) is 0. The lowest BCUT2D eigenvalue weighted by molar-refractivity contribution is 0.444. The van der Waals surface area contributed by atoms with Crippen LogP contribution in [-0.2, 0) is 0 Å². The number of fused-ring (bicyclic) bond motifs is 6. The molecule has 0 atom stereocenters. The molecule has 0 spiro atoms. The third-order valence-corrected chi connectivity index (χ3v) is 12.9. The van der Waals surface area contributed by atoms with Crippen LogP contribution in [0.25, 0.3) is 0 Å². The number of benzene rings is 7. The van der Waals surface area contributed by atoms with Crippen LogP contribution in [-0.4, -0.2) is 6.71 Å². The average Bonchev–Trinajstić information content (AvgIpc) is 3.23. The highest BCUT2D eigenvalue weighted by Gasteiger charge is 2.43. The zero-order valence-corrected chi connectivity index (χ0v) is 30.3. The van der Waals surface area contributed by atoms with Gasteiger partial charge < -0.3 is 14.7 Å². The van der Waals surface area contributed by atoms with E-state index in [9.17, 15) is 0 Å². The summed E-state index contributed by atoms with van der Waals surface area (Å²) in [5.41, 5.74) is 16.7. The summed E-state index contributed by atoms with van der Waals surface area (Å²) in [6.07, 6.45) is 6.47. The molecule has 3 aliphatic heterocycles. The lowest BCUT2D eigenvalue weighted by atomic mass is 9.33. The molecule has 0 saturated heterocycles. The van der Waals surface area contributed by atoms with Gasteiger partial charge in [0.25, 0.3) is 6.71 Å². The van der Waals surface area contributed by atoms with Crippen molar-refractivity contribution >= 4 is 86.0 Å². The van der Waals surface area contributed by atoms with Crippen LogP contribution in [0.2, 0.25) is 0 Å². The van der Waals surface area contributed by atoms with E-state index < -0.39 is 0 Å². The molecular weight excluding hydrogens is 661 g/mol. The van der Waals surface area contributed by atoms with Crippen molar-refractivity contribution in [1.29, 1.82) is 0 Å². The van der Waals surface area contributed by atoms with E-state index in [0.29, 0.717) is 5.92 Å². The Morgan fingerprint density at radius 1 is 0.415 bits per heavy atom. The minimum Gasteiger partial charge on any atom is -0.311 e. The molecule has 0 unspecified atom stereocenters. The van der Waals surface area contributed by atoms with Gasteiger partial charge >= 0.3 is 0 Å². The number of rotatable bonds is 4. The van der Waals surface area contributed by atoms with Crippen molar-refractivity contribution in [3.63, 3.8) is 0 Å². The Balaban J connectivity index is 1.12. The highest BCUT2D eigenvalue weighted by molar-refractivity contribution is 7.99. The van der Waals surface area contributed by atoms with Gasteiger partial charge in [-0.3, -0.25) is 0 Å². The standard InChI is InChI=1S/C48H38BN3S/c1-3-15-33(16-4-1)34-31-44-48-45(32-34)51(36-27-29-37(30-28-36)52-42-23-11-13-25-46(42)53-47-26-14-12-24-43(47)52)41-22-10-8-20-39(41)49(48)38-19-7-9-21-40(38)50(44)35-17-5-2-6-18-35/h2,5-14,17-33H,1,3-4,15-16H2. The summed E-state index contributed by atoms with van der Waals surface area (Å²) < 4.78 is 0. The molecule has 0 N–H and O–H groups in total. The minimum absolute atomic E-state index is 0.141. The number of para-hydroxylation sites is 5. The first-order valence-electron chi connectivity index (χ1n) is 19.1. The maximum Gasteiger partial charge on any atom is 0.252 e. The normalized spacial score (nSPS) is 15.6. The summed E-state index contributed by atoms with van der Waals surface area (Å²) in [5.74, 6) is 0.567. The predicted octanol–water partition coefficient (Wildman–Crippen LogP) is 11.8. The van der Waals surface area contributed by atoms with E-state index in [1.54, 1.807) is 0 Å². The van der Waals surface area contributed by atoms with Crippen LogP contribution in [0.15, 0.2) is 174 Å². The zero-order chi connectivity index (χ0) is 34.9. The lowest BCUT2D eigenvalue weighted by Gasteiger charge is -2.45. The van der Waals surface area contributed by atoms with Crippen LogP contribution in [0.1, 0.15) is 43.6 Å². The maximum atomic E-state index is 2.57. The van der Waals surface area contributed by atoms with Gasteiger partial charge in [-0.1, -0.05) is 110 Å². The quantitative estimate of drug-likeness (QED) is 0.169. The molecule has 1 aliphatic carbocycles. The molecule has 3 heterocycles. The third-order valence-electron chi connectivity index (χ3n) is 11.8. The molecule has 3 nitrogen and oxygen atoms in total. The van der Waals surface area contributed by atoms with Crippen molar-refractivity contribution in [1.82, 2.24) is 0 Å². The van der Waals surface area contributed by atoms with E-state index >= 15 is 0 Å². The molecule has 0 aromatic heterocycles. The van der Waals surface area contributed by atoms with E-state index in [2.05, 4.69) is 178 Å². The van der Waals surface area contributed by atoms with Crippen LogP contribution in [0.5, 0.6) is 0 Å². The Hall–Kier alpha value is -5.65. The summed E-state index contributed by atoms with van der Waals surface area (Å²) in [6.45, 7) is 0.141. The maximum absolute atomic E-state index is 2.57. The molecule has 0 radical (unpaired) electrons. The highest BCUT2D eigenvalue weighted by atomic mass is 32.2. The predicted molar refractivity (Wildman–Crippen MR) is 225 cm³/mol. The number of hydrogen-bond acceptors (Lipinski definition) is 4. The third kappa shape index (κ3) is 4.90. The second-order valence-electron chi connectivity index (χ2n) is 14.8. The zero-order valence-electron chi connectivity index (χ0n) is 29.5. The van der Waals surface area contributed by atoms with E-state index in [4.69, 9.17) is 0 Å². The summed E-state index contributed by atoms with van der Waals surface area (Å²) >= 11 is 1.85. The van der Waals surface area contributed by atoms with Gasteiger partial charge in [-0.05, 0) is 126 Å². The molecule has 53 heavy (non-hydrogen) atoms. The fourth-order valence-electron chi connectivity index (χ4n) is 9.46. The highest BCUT2D eigenvalue weighted by Crippen LogP contribution is 2.52. The Morgan fingerprint density at radius 2 is 0.849 bits per heavy atom. The van der Waals surface area contributed by atoms with Crippen molar-refractivity contribution in [3.05, 3.63) is 169 Å². The molecule has 1 saturated carbocycles. The van der Waals surface area contributed by atoms with Crippen LogP contribution < -0.4 is 31.1 Å². The molecule has 0 bridgehead atoms. The SMILES string of the molecule is c1ccc(N2c3ccccc3B3c4ccccc4N(c4ccc(N5c6ccccc6Sc6ccccc65)cc4)c4cc(C5CCCCC5)cc2c43)cc1. The van der Waals surface area contributed by atoms with Gasteiger partial charge in [0.2, 0.25) is 0 Å². The Labute approximate surface area is 316 Å². The molecule has 4 aliphatic rings. The van der Waals surface area contributed by atoms with Gasteiger partial charge in [-0.2, -0.15) is 0 Å². The molecule has 1 fully saturated rings. The van der Waals surface area contributed by atoms with Gasteiger partial charge in [0.05, 0.1) is 11.4 Å². The molecule has 11 rings (SSSR count). The topological polar surface area (TPSA) is 9.72 Å². The van der Waals surface area contributed by atoms with E-state index in [-0.39, 0.29) is 6.71 Å². The van der Waals surface area contributed by atoms with Crippen molar-refractivity contribution in [2.45, 2.75) is 47.8 Å². The number of nitrogens with zero attached hydrogens (tertiary/aromatic N) is 3. The number of anilines is 9. The summed E-state index contributed by atoms with van der Waals surface area (Å²) in [5, 5.41) is 0. The Bertz CT molecular complexity index is 2460. The Morgan fingerprint density at radius 3 is 1.40 bits per heavy atom. The Kier molecular flexibility index (Phi) is 7.29. The van der Waals surface area contributed by atoms with Gasteiger partial charge in [0, 0.05) is 49.6 Å². The first kappa shape index (κ1) is 30.9. The summed E-state index contributed by atoms with van der Waals surface area (Å²) in [6, 6.07) is 61.2. The van der Waals surface area contributed by atoms with Gasteiger partial charge in [-0.15, -0.1) is 0 Å². The van der Waals surface area contributed by atoms with E-state index in [1.165, 1.54) is 115 Å². The average molecular weight is 700 g/mol. The van der Waals surface area contributed by atoms with Crippen LogP contribution >= 0.6 is 11.8 Å². The fourth-order valence-corrected chi connectivity index (χ4v) is 10.5. The van der Waals surface area contributed by atoms with Crippen molar-refractivity contribution in [2.75, 3.05) is 14.7 Å². The van der Waals surface area contributed by atoms with Crippen LogP contribution in [0.4, 0.5) is 51.2 Å². The van der Waals surface area contributed by atoms with E-state index in [1.807, 2.05) is 11.8 Å². The molecule has 7 aromatic carbocycles. The minimum atomic E-state index is 0.141. The van der Waals surface area contributed by atoms with Gasteiger partial charge in [0.1, 0.15) is 0 Å². The van der Waals surface area contributed by atoms with Gasteiger partial charge in [-0.25, -0.2) is 0 Å². The molecule has 5 heteroatoms.